The van der Waals surface area contributed by atoms with Crippen LogP contribution in [0.2, 0.25) is 0 Å². The number of hydrogen-bond acceptors (Lipinski definition) is 5. The predicted molar refractivity (Wildman–Crippen MR) is 105 cm³/mol. The van der Waals surface area contributed by atoms with Crippen LogP contribution in [0, 0.1) is 17.3 Å². The number of halogens is 5. The molecule has 32 heavy (non-hydrogen) atoms. The summed E-state index contributed by atoms with van der Waals surface area (Å²) in [6, 6.07) is 6.18. The average Bonchev–Trinajstić information content (AvgIpc) is 3.20. The lowest BCUT2D eigenvalue weighted by Gasteiger charge is -2.38. The Labute approximate surface area is 179 Å². The van der Waals surface area contributed by atoms with Crippen LogP contribution in [0.5, 0.6) is 0 Å². The van der Waals surface area contributed by atoms with E-state index in [9.17, 15) is 22.8 Å². The van der Waals surface area contributed by atoms with Crippen LogP contribution in [0.3, 0.4) is 0 Å². The number of alkyl halides is 4. The molecule has 3 heterocycles. The van der Waals surface area contributed by atoms with Crippen molar-refractivity contribution in [1.82, 2.24) is 19.7 Å². The second-order valence-electron chi connectivity index (χ2n) is 7.58. The Kier molecular flexibility index (Phi) is 5.32. The van der Waals surface area contributed by atoms with Gasteiger partial charge in [0.1, 0.15) is 12.4 Å². The van der Waals surface area contributed by atoms with E-state index in [0.29, 0.717) is 5.56 Å². The average molecular weight is 448 g/mol. The van der Waals surface area contributed by atoms with E-state index in [0.717, 1.165) is 12.1 Å². The van der Waals surface area contributed by atoms with Crippen LogP contribution in [-0.2, 0) is 18.9 Å². The van der Waals surface area contributed by atoms with Gasteiger partial charge in [-0.25, -0.2) is 9.37 Å². The number of nitriles is 1. The second-order valence-corrected chi connectivity index (χ2v) is 7.58. The first-order valence-corrected chi connectivity index (χ1v) is 9.68. The van der Waals surface area contributed by atoms with Crippen molar-refractivity contribution in [2.24, 2.45) is 7.05 Å². The molecule has 1 aliphatic rings. The number of nitrogens with zero attached hydrogens (tertiary/aromatic N) is 6. The fraction of sp³-hybridized carbons (Fsp3) is 0.333. The third-order valence-electron chi connectivity index (χ3n) is 5.62. The molecule has 1 aromatic carbocycles. The summed E-state index contributed by atoms with van der Waals surface area (Å²) < 4.78 is 71.2. The van der Waals surface area contributed by atoms with Gasteiger partial charge in [-0.3, -0.25) is 0 Å². The molecule has 0 bridgehead atoms. The van der Waals surface area contributed by atoms with Crippen molar-refractivity contribution < 1.29 is 22.0 Å². The van der Waals surface area contributed by atoms with Crippen LogP contribution >= 0.6 is 0 Å². The quantitative estimate of drug-likeness (QED) is 0.440. The number of rotatable bonds is 3. The summed E-state index contributed by atoms with van der Waals surface area (Å²) in [6.45, 7) is 0.0853. The van der Waals surface area contributed by atoms with E-state index in [1.54, 1.807) is 18.0 Å². The number of piperidine rings is 1. The normalized spacial score (nSPS) is 16.1. The van der Waals surface area contributed by atoms with Gasteiger partial charge in [-0.1, -0.05) is 6.07 Å². The fourth-order valence-corrected chi connectivity index (χ4v) is 4.03. The molecule has 11 heteroatoms. The summed E-state index contributed by atoms with van der Waals surface area (Å²) >= 11 is 0. The zero-order chi connectivity index (χ0) is 23.1. The Morgan fingerprint density at radius 2 is 1.84 bits per heavy atom. The van der Waals surface area contributed by atoms with Gasteiger partial charge in [-0.15, -0.1) is 10.2 Å². The molecule has 1 aliphatic heterocycles. The number of hydrogen-bond donors (Lipinski definition) is 0. The van der Waals surface area contributed by atoms with Crippen LogP contribution < -0.4 is 4.90 Å². The van der Waals surface area contributed by atoms with Gasteiger partial charge in [0.15, 0.2) is 11.5 Å². The lowest BCUT2D eigenvalue weighted by Crippen LogP contribution is -2.42. The third kappa shape index (κ3) is 3.77. The lowest BCUT2D eigenvalue weighted by atomic mass is 9.89. The summed E-state index contributed by atoms with van der Waals surface area (Å²) in [5.74, 6) is -0.601. The van der Waals surface area contributed by atoms with Gasteiger partial charge in [-0.05, 0) is 18.2 Å². The van der Waals surface area contributed by atoms with Crippen LogP contribution in [0.25, 0.3) is 11.1 Å². The molecule has 3 aromatic rings. The van der Waals surface area contributed by atoms with Crippen molar-refractivity contribution in [3.8, 4) is 17.2 Å². The molecule has 0 unspecified atom stereocenters. The van der Waals surface area contributed by atoms with E-state index in [1.807, 2.05) is 0 Å². The molecule has 0 saturated carbocycles. The van der Waals surface area contributed by atoms with Crippen molar-refractivity contribution in [2.45, 2.75) is 24.7 Å². The van der Waals surface area contributed by atoms with E-state index in [1.165, 1.54) is 29.2 Å². The highest BCUT2D eigenvalue weighted by atomic mass is 19.4. The Morgan fingerprint density at radius 1 is 1.12 bits per heavy atom. The zero-order valence-corrected chi connectivity index (χ0v) is 16.9. The first kappa shape index (κ1) is 21.7. The molecule has 0 radical (unpaired) electrons. The van der Waals surface area contributed by atoms with Crippen LogP contribution in [0.4, 0.5) is 27.6 Å². The fourth-order valence-electron chi connectivity index (χ4n) is 4.03. The highest BCUT2D eigenvalue weighted by Gasteiger charge is 2.42. The predicted octanol–water partition coefficient (Wildman–Crippen LogP) is 4.37. The molecule has 6 nitrogen and oxygen atoms in total. The van der Waals surface area contributed by atoms with Gasteiger partial charge in [0.05, 0.1) is 16.8 Å². The molecule has 0 spiro atoms. The van der Waals surface area contributed by atoms with Crippen LogP contribution in [0.1, 0.15) is 29.8 Å². The molecular weight excluding hydrogens is 431 g/mol. The van der Waals surface area contributed by atoms with Gasteiger partial charge in [0.25, 0.3) is 0 Å². The molecule has 1 saturated heterocycles. The zero-order valence-electron chi connectivity index (χ0n) is 16.9. The third-order valence-corrected chi connectivity index (χ3v) is 5.62. The smallest absolute Gasteiger partial charge is 0.370 e. The standard InChI is InChI=1S/C21H17F5N6/c1-31-12-29-30-19(31)20(23)6-8-32(9-7-20)18-14(13-2-5-17(22)28-11-13)3-4-16(15(18)10-27)21(24,25)26/h2-5,11-12H,6-9H2,1H3. The highest BCUT2D eigenvalue weighted by Crippen LogP contribution is 2.44. The molecule has 0 amide bonds. The molecule has 2 aromatic heterocycles. The van der Waals surface area contributed by atoms with E-state index in [4.69, 9.17) is 0 Å². The Bertz CT molecular complexity index is 1170. The van der Waals surface area contributed by atoms with Gasteiger partial charge >= 0.3 is 6.18 Å². The minimum Gasteiger partial charge on any atom is -0.370 e. The van der Waals surface area contributed by atoms with Gasteiger partial charge in [0, 0.05) is 50.3 Å². The van der Waals surface area contributed by atoms with Gasteiger partial charge in [0.2, 0.25) is 5.95 Å². The molecule has 0 atom stereocenters. The number of benzene rings is 1. The van der Waals surface area contributed by atoms with Gasteiger partial charge < -0.3 is 9.47 Å². The summed E-state index contributed by atoms with van der Waals surface area (Å²) in [5, 5.41) is 17.2. The molecule has 1 fully saturated rings. The maximum atomic E-state index is 15.6. The van der Waals surface area contributed by atoms with Crippen LogP contribution in [0.15, 0.2) is 36.8 Å². The first-order chi connectivity index (χ1) is 15.1. The SMILES string of the molecule is Cn1cnnc1C1(F)CCN(c2c(-c3ccc(F)nc3)ccc(C(F)(F)F)c2C#N)CC1. The minimum absolute atomic E-state index is 0.0238. The summed E-state index contributed by atoms with van der Waals surface area (Å²) in [7, 11) is 1.61. The van der Waals surface area contributed by atoms with E-state index >= 15 is 4.39 Å². The second kappa shape index (κ2) is 7.85. The number of aromatic nitrogens is 4. The van der Waals surface area contributed by atoms with E-state index < -0.39 is 28.9 Å². The number of pyridine rings is 1. The minimum atomic E-state index is -4.75. The van der Waals surface area contributed by atoms with Crippen LogP contribution in [-0.4, -0.2) is 32.8 Å². The van der Waals surface area contributed by atoms with E-state index in [-0.39, 0.29) is 43.0 Å². The van der Waals surface area contributed by atoms with Crippen molar-refractivity contribution in [3.63, 3.8) is 0 Å². The van der Waals surface area contributed by atoms with Crippen molar-refractivity contribution in [1.29, 1.82) is 5.26 Å². The summed E-state index contributed by atoms with van der Waals surface area (Å²) in [4.78, 5) is 5.12. The van der Waals surface area contributed by atoms with Crippen molar-refractivity contribution in [2.75, 3.05) is 18.0 Å². The monoisotopic (exact) mass is 448 g/mol. The Morgan fingerprint density at radius 3 is 2.38 bits per heavy atom. The topological polar surface area (TPSA) is 70.6 Å². The Hall–Kier alpha value is -3.55. The molecule has 0 aliphatic carbocycles. The molecule has 166 valence electrons. The van der Waals surface area contributed by atoms with E-state index in [2.05, 4.69) is 15.2 Å². The van der Waals surface area contributed by atoms with Gasteiger partial charge in [-0.2, -0.15) is 22.8 Å². The summed E-state index contributed by atoms with van der Waals surface area (Å²) in [6.07, 6.45) is -2.30. The number of aryl methyl sites for hydroxylation is 1. The largest absolute Gasteiger partial charge is 0.417 e. The molecule has 0 N–H and O–H groups in total. The number of anilines is 1. The molecule has 4 rings (SSSR count). The Balaban J connectivity index is 1.79. The maximum absolute atomic E-state index is 15.6. The lowest BCUT2D eigenvalue weighted by molar-refractivity contribution is -0.137. The summed E-state index contributed by atoms with van der Waals surface area (Å²) in [5.41, 5.74) is -2.79. The maximum Gasteiger partial charge on any atom is 0.417 e. The first-order valence-electron chi connectivity index (χ1n) is 9.68. The van der Waals surface area contributed by atoms with Crippen molar-refractivity contribution in [3.05, 3.63) is 59.7 Å². The van der Waals surface area contributed by atoms with Crippen molar-refractivity contribution >= 4 is 5.69 Å². The molecular formula is C21H17F5N6. The highest BCUT2D eigenvalue weighted by molar-refractivity contribution is 5.84.